The van der Waals surface area contributed by atoms with E-state index in [1.165, 1.54) is 84.1 Å². The number of rotatable bonds is 7. The lowest BCUT2D eigenvalue weighted by atomic mass is 9.81. The Hall–Kier alpha value is -0.0800. The van der Waals surface area contributed by atoms with Crippen molar-refractivity contribution in [3.63, 3.8) is 0 Å². The fraction of sp³-hybridized carbons (Fsp3) is 1.00. The van der Waals surface area contributed by atoms with Gasteiger partial charge in [-0.05, 0) is 76.7 Å². The third-order valence-corrected chi connectivity index (χ3v) is 5.00. The molecule has 1 saturated carbocycles. The number of likely N-dealkylation sites (tertiary alicyclic amines) is 1. The highest BCUT2D eigenvalue weighted by Crippen LogP contribution is 2.29. The van der Waals surface area contributed by atoms with Crippen LogP contribution in [0.1, 0.15) is 58.3 Å². The molecule has 1 aliphatic heterocycles. The zero-order valence-corrected chi connectivity index (χ0v) is 12.3. The zero-order chi connectivity index (χ0) is 12.6. The molecule has 0 spiro atoms. The van der Waals surface area contributed by atoms with E-state index in [1.54, 1.807) is 0 Å². The molecule has 0 bridgehead atoms. The van der Waals surface area contributed by atoms with Gasteiger partial charge in [-0.25, -0.2) is 0 Å². The highest BCUT2D eigenvalue weighted by atomic mass is 15.1. The predicted molar refractivity (Wildman–Crippen MR) is 78.9 cm³/mol. The molecular formula is C16H32N2. The van der Waals surface area contributed by atoms with Gasteiger partial charge in [0.1, 0.15) is 0 Å². The Labute approximate surface area is 114 Å². The fourth-order valence-electron chi connectivity index (χ4n) is 3.58. The van der Waals surface area contributed by atoms with E-state index in [0.717, 1.165) is 11.8 Å². The molecule has 1 aliphatic carbocycles. The summed E-state index contributed by atoms with van der Waals surface area (Å²) < 4.78 is 0. The quantitative estimate of drug-likeness (QED) is 0.700. The summed E-state index contributed by atoms with van der Waals surface area (Å²) in [5.41, 5.74) is 0. The number of hydrogen-bond donors (Lipinski definition) is 1. The number of nitrogens with one attached hydrogen (secondary N) is 1. The highest BCUT2D eigenvalue weighted by Gasteiger charge is 2.19. The molecule has 2 nitrogen and oxygen atoms in total. The summed E-state index contributed by atoms with van der Waals surface area (Å²) in [5.74, 6) is 2.01. The predicted octanol–water partition coefficient (Wildman–Crippen LogP) is 3.28. The topological polar surface area (TPSA) is 15.3 Å². The van der Waals surface area contributed by atoms with E-state index in [4.69, 9.17) is 0 Å². The van der Waals surface area contributed by atoms with Crippen LogP contribution in [0.15, 0.2) is 0 Å². The summed E-state index contributed by atoms with van der Waals surface area (Å²) in [4.78, 5) is 2.62. The Morgan fingerprint density at radius 3 is 2.33 bits per heavy atom. The molecule has 0 radical (unpaired) electrons. The summed E-state index contributed by atoms with van der Waals surface area (Å²) in [6, 6.07) is 0. The Kier molecular flexibility index (Phi) is 6.50. The monoisotopic (exact) mass is 252 g/mol. The maximum absolute atomic E-state index is 3.69. The average molecular weight is 252 g/mol. The molecule has 0 aromatic carbocycles. The largest absolute Gasteiger partial charge is 0.316 e. The standard InChI is InChI=1S/C16H32N2/c1-2-15-6-8-16(9-7-15)14-17-10-5-13-18-11-3-4-12-18/h15-17H,2-14H2,1H3. The SMILES string of the molecule is CCC1CCC(CNCCCN2CCCC2)CC1. The second-order valence-electron chi connectivity index (χ2n) is 6.40. The molecule has 0 aromatic rings. The third kappa shape index (κ3) is 4.89. The molecule has 1 heterocycles. The van der Waals surface area contributed by atoms with Gasteiger partial charge in [0.25, 0.3) is 0 Å². The van der Waals surface area contributed by atoms with Crippen molar-refractivity contribution in [2.75, 3.05) is 32.7 Å². The smallest absolute Gasteiger partial charge is 0.000664 e. The van der Waals surface area contributed by atoms with Crippen molar-refractivity contribution in [1.29, 1.82) is 0 Å². The van der Waals surface area contributed by atoms with Crippen LogP contribution in [0.3, 0.4) is 0 Å². The lowest BCUT2D eigenvalue weighted by Crippen LogP contribution is -2.29. The van der Waals surface area contributed by atoms with Crippen LogP contribution in [0, 0.1) is 11.8 Å². The van der Waals surface area contributed by atoms with Crippen molar-refractivity contribution in [3.8, 4) is 0 Å². The first-order valence-corrected chi connectivity index (χ1v) is 8.31. The fourth-order valence-corrected chi connectivity index (χ4v) is 3.58. The van der Waals surface area contributed by atoms with Crippen molar-refractivity contribution in [3.05, 3.63) is 0 Å². The molecule has 1 N–H and O–H groups in total. The van der Waals surface area contributed by atoms with Crippen LogP contribution in [-0.2, 0) is 0 Å². The maximum atomic E-state index is 3.69. The van der Waals surface area contributed by atoms with E-state index < -0.39 is 0 Å². The minimum atomic E-state index is 0.972. The molecule has 2 fully saturated rings. The minimum absolute atomic E-state index is 0.972. The average Bonchev–Trinajstić information content (AvgIpc) is 2.92. The van der Waals surface area contributed by atoms with Crippen molar-refractivity contribution in [2.24, 2.45) is 11.8 Å². The molecule has 0 unspecified atom stereocenters. The zero-order valence-electron chi connectivity index (χ0n) is 12.3. The summed E-state index contributed by atoms with van der Waals surface area (Å²) in [6.07, 6.45) is 11.5. The van der Waals surface area contributed by atoms with Gasteiger partial charge in [-0.2, -0.15) is 0 Å². The maximum Gasteiger partial charge on any atom is -0.000664 e. The van der Waals surface area contributed by atoms with E-state index in [-0.39, 0.29) is 0 Å². The van der Waals surface area contributed by atoms with Gasteiger partial charge in [0, 0.05) is 0 Å². The summed E-state index contributed by atoms with van der Waals surface area (Å²) in [5, 5.41) is 3.69. The lowest BCUT2D eigenvalue weighted by Gasteiger charge is -2.28. The number of hydrogen-bond acceptors (Lipinski definition) is 2. The molecule has 2 aliphatic rings. The second-order valence-corrected chi connectivity index (χ2v) is 6.40. The van der Waals surface area contributed by atoms with E-state index in [9.17, 15) is 0 Å². The molecule has 2 rings (SSSR count). The molecule has 18 heavy (non-hydrogen) atoms. The van der Waals surface area contributed by atoms with E-state index in [0.29, 0.717) is 0 Å². The van der Waals surface area contributed by atoms with Gasteiger partial charge in [0.05, 0.1) is 0 Å². The van der Waals surface area contributed by atoms with Crippen LogP contribution in [0.5, 0.6) is 0 Å². The van der Waals surface area contributed by atoms with Crippen LogP contribution in [0.2, 0.25) is 0 Å². The third-order valence-electron chi connectivity index (χ3n) is 5.00. The summed E-state index contributed by atoms with van der Waals surface area (Å²) >= 11 is 0. The highest BCUT2D eigenvalue weighted by molar-refractivity contribution is 4.73. The van der Waals surface area contributed by atoms with Crippen LogP contribution in [0.25, 0.3) is 0 Å². The van der Waals surface area contributed by atoms with Gasteiger partial charge in [-0.1, -0.05) is 26.2 Å². The van der Waals surface area contributed by atoms with Crippen LogP contribution in [-0.4, -0.2) is 37.6 Å². The van der Waals surface area contributed by atoms with Crippen molar-refractivity contribution in [2.45, 2.75) is 58.3 Å². The molecular weight excluding hydrogens is 220 g/mol. The first-order chi connectivity index (χ1) is 8.88. The Morgan fingerprint density at radius 1 is 1.00 bits per heavy atom. The summed E-state index contributed by atoms with van der Waals surface area (Å²) in [7, 11) is 0. The van der Waals surface area contributed by atoms with Gasteiger partial charge >= 0.3 is 0 Å². The Balaban J connectivity index is 1.43. The molecule has 1 saturated heterocycles. The van der Waals surface area contributed by atoms with Gasteiger partial charge < -0.3 is 10.2 Å². The van der Waals surface area contributed by atoms with Gasteiger partial charge in [-0.15, -0.1) is 0 Å². The van der Waals surface area contributed by atoms with E-state index in [1.807, 2.05) is 0 Å². The Morgan fingerprint density at radius 2 is 1.67 bits per heavy atom. The van der Waals surface area contributed by atoms with Crippen LogP contribution in [0.4, 0.5) is 0 Å². The normalized spacial score (nSPS) is 29.8. The van der Waals surface area contributed by atoms with Gasteiger partial charge in [-0.3, -0.25) is 0 Å². The molecule has 106 valence electrons. The number of nitrogens with zero attached hydrogens (tertiary/aromatic N) is 1. The molecule has 2 heteroatoms. The molecule has 0 amide bonds. The van der Waals surface area contributed by atoms with Crippen LogP contribution < -0.4 is 5.32 Å². The van der Waals surface area contributed by atoms with Gasteiger partial charge in [0.2, 0.25) is 0 Å². The molecule has 0 aromatic heterocycles. The minimum Gasteiger partial charge on any atom is -0.316 e. The van der Waals surface area contributed by atoms with E-state index >= 15 is 0 Å². The Bertz CT molecular complexity index is 203. The van der Waals surface area contributed by atoms with Crippen LogP contribution >= 0.6 is 0 Å². The van der Waals surface area contributed by atoms with E-state index in [2.05, 4.69) is 17.1 Å². The van der Waals surface area contributed by atoms with Crippen molar-refractivity contribution >= 4 is 0 Å². The van der Waals surface area contributed by atoms with Gasteiger partial charge in [0.15, 0.2) is 0 Å². The molecule has 0 atom stereocenters. The first-order valence-electron chi connectivity index (χ1n) is 8.31. The lowest BCUT2D eigenvalue weighted by molar-refractivity contribution is 0.260. The van der Waals surface area contributed by atoms with Crippen molar-refractivity contribution < 1.29 is 0 Å². The van der Waals surface area contributed by atoms with Crippen molar-refractivity contribution in [1.82, 2.24) is 10.2 Å². The second kappa shape index (κ2) is 8.16. The summed E-state index contributed by atoms with van der Waals surface area (Å²) in [6.45, 7) is 8.86. The first kappa shape index (κ1) is 14.3.